The normalized spacial score (nSPS) is 27.3. The van der Waals surface area contributed by atoms with Crippen molar-refractivity contribution in [2.24, 2.45) is 0 Å². The summed E-state index contributed by atoms with van der Waals surface area (Å²) in [5.74, 6) is 0. The average Bonchev–Trinajstić information content (AvgIpc) is 2.44. The van der Waals surface area contributed by atoms with Gasteiger partial charge in [0.15, 0.2) is 0 Å². The first-order valence-electron chi connectivity index (χ1n) is 5.58. The van der Waals surface area contributed by atoms with E-state index in [1.165, 1.54) is 5.56 Å². The van der Waals surface area contributed by atoms with Crippen LogP contribution < -0.4 is 0 Å². The van der Waals surface area contributed by atoms with E-state index in [1.54, 1.807) is 0 Å². The van der Waals surface area contributed by atoms with E-state index in [4.69, 9.17) is 4.74 Å². The van der Waals surface area contributed by atoms with Gasteiger partial charge < -0.3 is 9.84 Å². The van der Waals surface area contributed by atoms with Crippen molar-refractivity contribution in [2.45, 2.75) is 31.8 Å². The lowest BCUT2D eigenvalue weighted by molar-refractivity contribution is 0.0143. The van der Waals surface area contributed by atoms with Crippen molar-refractivity contribution in [3.8, 4) is 0 Å². The van der Waals surface area contributed by atoms with Gasteiger partial charge in [0.05, 0.1) is 5.60 Å². The zero-order valence-electron chi connectivity index (χ0n) is 9.20. The lowest BCUT2D eigenvalue weighted by atomic mass is 9.86. The van der Waals surface area contributed by atoms with Gasteiger partial charge in [-0.15, -0.1) is 0 Å². The van der Waals surface area contributed by atoms with Crippen molar-refractivity contribution in [3.63, 3.8) is 0 Å². The first-order valence-corrected chi connectivity index (χ1v) is 5.58. The van der Waals surface area contributed by atoms with Gasteiger partial charge >= 0.3 is 0 Å². The number of rotatable bonds is 1. The van der Waals surface area contributed by atoms with Gasteiger partial charge in [-0.05, 0) is 25.3 Å². The second-order valence-electron chi connectivity index (χ2n) is 4.37. The molecule has 0 aromatic heterocycles. The Balaban J connectivity index is 2.26. The van der Waals surface area contributed by atoms with E-state index in [9.17, 15) is 5.11 Å². The Morgan fingerprint density at radius 1 is 1.27 bits per heavy atom. The molecule has 1 aliphatic heterocycles. The van der Waals surface area contributed by atoms with Crippen LogP contribution in [-0.2, 0) is 10.3 Å². The summed E-state index contributed by atoms with van der Waals surface area (Å²) in [4.78, 5) is 0. The molecule has 1 aromatic rings. The molecule has 1 aromatic carbocycles. The molecule has 0 saturated carbocycles. The Labute approximate surface area is 90.9 Å². The zero-order valence-corrected chi connectivity index (χ0v) is 9.20. The molecular formula is C13H18O2. The molecule has 0 bridgehead atoms. The molecule has 1 fully saturated rings. The molecule has 0 aliphatic carbocycles. The summed E-state index contributed by atoms with van der Waals surface area (Å²) in [7, 11) is 0. The standard InChI is InChI=1S/C13H18O2/c1-11-4-2-5-12(10-11)13(14)6-3-8-15-9-7-13/h2,4-5,10,14H,3,6-9H2,1H3. The van der Waals surface area contributed by atoms with Crippen LogP contribution in [0, 0.1) is 6.92 Å². The van der Waals surface area contributed by atoms with Gasteiger partial charge in [-0.3, -0.25) is 0 Å². The summed E-state index contributed by atoms with van der Waals surface area (Å²) in [6.45, 7) is 3.48. The number of benzene rings is 1. The summed E-state index contributed by atoms with van der Waals surface area (Å²) in [6.07, 6.45) is 2.44. The van der Waals surface area contributed by atoms with Gasteiger partial charge in [0.25, 0.3) is 0 Å². The van der Waals surface area contributed by atoms with Gasteiger partial charge in [-0.25, -0.2) is 0 Å². The first-order chi connectivity index (χ1) is 7.21. The summed E-state index contributed by atoms with van der Waals surface area (Å²) in [5, 5.41) is 10.6. The van der Waals surface area contributed by atoms with Gasteiger partial charge in [-0.2, -0.15) is 0 Å². The molecule has 2 heteroatoms. The maximum Gasteiger partial charge on any atom is 0.0919 e. The molecule has 1 atom stereocenters. The minimum absolute atomic E-state index is 0.657. The van der Waals surface area contributed by atoms with Crippen LogP contribution in [0.25, 0.3) is 0 Å². The molecule has 1 heterocycles. The van der Waals surface area contributed by atoms with Crippen LogP contribution in [0.1, 0.15) is 30.4 Å². The fourth-order valence-electron chi connectivity index (χ4n) is 2.16. The highest BCUT2D eigenvalue weighted by Gasteiger charge is 2.30. The van der Waals surface area contributed by atoms with Crippen molar-refractivity contribution in [1.82, 2.24) is 0 Å². The molecule has 15 heavy (non-hydrogen) atoms. The highest BCUT2D eigenvalue weighted by molar-refractivity contribution is 5.27. The summed E-state index contributed by atoms with van der Waals surface area (Å²) in [6, 6.07) is 8.15. The van der Waals surface area contributed by atoms with Crippen LogP contribution in [0.5, 0.6) is 0 Å². The minimum Gasteiger partial charge on any atom is -0.385 e. The Hall–Kier alpha value is -0.860. The van der Waals surface area contributed by atoms with Crippen molar-refractivity contribution < 1.29 is 9.84 Å². The zero-order chi connectivity index (χ0) is 10.7. The maximum atomic E-state index is 10.6. The topological polar surface area (TPSA) is 29.5 Å². The number of hydrogen-bond acceptors (Lipinski definition) is 2. The lowest BCUT2D eigenvalue weighted by Gasteiger charge is -2.26. The van der Waals surface area contributed by atoms with Gasteiger partial charge in [0.1, 0.15) is 0 Å². The predicted octanol–water partition coefficient (Wildman–Crippen LogP) is 2.38. The molecule has 2 nitrogen and oxygen atoms in total. The van der Waals surface area contributed by atoms with Crippen LogP contribution >= 0.6 is 0 Å². The molecule has 0 radical (unpaired) electrons. The summed E-state index contributed by atoms with van der Waals surface area (Å²) >= 11 is 0. The first kappa shape index (κ1) is 10.7. The van der Waals surface area contributed by atoms with E-state index in [2.05, 4.69) is 19.1 Å². The van der Waals surface area contributed by atoms with E-state index in [-0.39, 0.29) is 0 Å². The highest BCUT2D eigenvalue weighted by Crippen LogP contribution is 2.32. The third-order valence-corrected chi connectivity index (χ3v) is 3.09. The summed E-state index contributed by atoms with van der Waals surface area (Å²) in [5.41, 5.74) is 1.56. The highest BCUT2D eigenvalue weighted by atomic mass is 16.5. The number of ether oxygens (including phenoxy) is 1. The second kappa shape index (κ2) is 4.33. The van der Waals surface area contributed by atoms with Crippen LogP contribution in [0.15, 0.2) is 24.3 Å². The molecule has 1 aliphatic rings. The van der Waals surface area contributed by atoms with Crippen LogP contribution in [-0.4, -0.2) is 18.3 Å². The lowest BCUT2D eigenvalue weighted by Crippen LogP contribution is -2.25. The fraction of sp³-hybridized carbons (Fsp3) is 0.538. The van der Waals surface area contributed by atoms with Gasteiger partial charge in [-0.1, -0.05) is 29.8 Å². The molecular weight excluding hydrogens is 188 g/mol. The van der Waals surface area contributed by atoms with E-state index in [0.29, 0.717) is 13.0 Å². The summed E-state index contributed by atoms with van der Waals surface area (Å²) < 4.78 is 5.38. The monoisotopic (exact) mass is 206 g/mol. The quantitative estimate of drug-likeness (QED) is 0.764. The largest absolute Gasteiger partial charge is 0.385 e. The number of aryl methyl sites for hydroxylation is 1. The predicted molar refractivity (Wildman–Crippen MR) is 59.7 cm³/mol. The smallest absolute Gasteiger partial charge is 0.0919 e. The molecule has 0 amide bonds. The third-order valence-electron chi connectivity index (χ3n) is 3.09. The number of hydrogen-bond donors (Lipinski definition) is 1. The number of aliphatic hydroxyl groups is 1. The van der Waals surface area contributed by atoms with Crippen LogP contribution in [0.3, 0.4) is 0 Å². The van der Waals surface area contributed by atoms with E-state index in [0.717, 1.165) is 25.0 Å². The Morgan fingerprint density at radius 2 is 2.13 bits per heavy atom. The Bertz CT molecular complexity index is 325. The van der Waals surface area contributed by atoms with E-state index < -0.39 is 5.60 Å². The molecule has 1 unspecified atom stereocenters. The van der Waals surface area contributed by atoms with E-state index >= 15 is 0 Å². The Morgan fingerprint density at radius 3 is 2.93 bits per heavy atom. The minimum atomic E-state index is -0.678. The molecule has 82 valence electrons. The van der Waals surface area contributed by atoms with Gasteiger partial charge in [0.2, 0.25) is 0 Å². The van der Waals surface area contributed by atoms with Crippen molar-refractivity contribution in [2.75, 3.05) is 13.2 Å². The fourth-order valence-corrected chi connectivity index (χ4v) is 2.16. The molecule has 1 N–H and O–H groups in total. The molecule has 1 saturated heterocycles. The van der Waals surface area contributed by atoms with E-state index in [1.807, 2.05) is 12.1 Å². The maximum absolute atomic E-state index is 10.6. The van der Waals surface area contributed by atoms with Crippen LogP contribution in [0.2, 0.25) is 0 Å². The van der Waals surface area contributed by atoms with Crippen LogP contribution in [0.4, 0.5) is 0 Å². The van der Waals surface area contributed by atoms with Crippen molar-refractivity contribution >= 4 is 0 Å². The molecule has 0 spiro atoms. The van der Waals surface area contributed by atoms with Gasteiger partial charge in [0, 0.05) is 19.6 Å². The van der Waals surface area contributed by atoms with Crippen molar-refractivity contribution in [3.05, 3.63) is 35.4 Å². The second-order valence-corrected chi connectivity index (χ2v) is 4.37. The average molecular weight is 206 g/mol. The third kappa shape index (κ3) is 2.39. The van der Waals surface area contributed by atoms with Crippen molar-refractivity contribution in [1.29, 1.82) is 0 Å². The molecule has 2 rings (SSSR count). The Kier molecular flexibility index (Phi) is 3.08. The SMILES string of the molecule is Cc1cccc(C2(O)CCCOCC2)c1.